The normalized spacial score (nSPS) is 15.4. The van der Waals surface area contributed by atoms with Crippen LogP contribution >= 0.6 is 11.3 Å². The summed E-state index contributed by atoms with van der Waals surface area (Å²) < 4.78 is 5.80. The fourth-order valence-corrected chi connectivity index (χ4v) is 4.15. The number of rotatable bonds is 8. The molecule has 4 nitrogen and oxygen atoms in total. The minimum Gasteiger partial charge on any atom is -0.489 e. The quantitative estimate of drug-likeness (QED) is 0.458. The van der Waals surface area contributed by atoms with Crippen molar-refractivity contribution in [3.63, 3.8) is 0 Å². The molecule has 1 aliphatic carbocycles. The van der Waals surface area contributed by atoms with Crippen LogP contribution in [0.25, 0.3) is 5.57 Å². The fraction of sp³-hybridized carbons (Fsp3) is 0.231. The van der Waals surface area contributed by atoms with Gasteiger partial charge in [0.2, 0.25) is 5.91 Å². The summed E-state index contributed by atoms with van der Waals surface area (Å²) in [6, 6.07) is 17.7. The van der Waals surface area contributed by atoms with E-state index in [1.165, 1.54) is 11.3 Å². The standard InChI is InChI=1S/C26H26N2O2S/c1-2-19-8-12-22(13-9-19)24-18-31-26(27-24)28-25(29)16-20-10-14-23(15-11-20)30-17-21-6-4-3-5-7-21/h3-8,10-15,18-19H,2,9,16-17H2,1H3,(H,27,28,29). The van der Waals surface area contributed by atoms with Gasteiger partial charge >= 0.3 is 0 Å². The predicted molar refractivity (Wildman–Crippen MR) is 127 cm³/mol. The molecule has 0 radical (unpaired) electrons. The lowest BCUT2D eigenvalue weighted by molar-refractivity contribution is -0.115. The Bertz CT molecular complexity index is 1070. The Morgan fingerprint density at radius 1 is 1.13 bits per heavy atom. The van der Waals surface area contributed by atoms with Crippen LogP contribution in [-0.4, -0.2) is 10.9 Å². The van der Waals surface area contributed by atoms with Crippen LogP contribution in [0.5, 0.6) is 5.75 Å². The molecule has 1 aromatic heterocycles. The molecule has 2 aromatic carbocycles. The molecule has 0 bridgehead atoms. The Balaban J connectivity index is 1.28. The molecule has 31 heavy (non-hydrogen) atoms. The lowest BCUT2D eigenvalue weighted by Gasteiger charge is -2.12. The van der Waals surface area contributed by atoms with E-state index in [2.05, 4.69) is 35.5 Å². The van der Waals surface area contributed by atoms with E-state index in [9.17, 15) is 4.79 Å². The smallest absolute Gasteiger partial charge is 0.230 e. The highest BCUT2D eigenvalue weighted by Gasteiger charge is 2.12. The SMILES string of the molecule is CCC1C=CC(c2csc(NC(=O)Cc3ccc(OCc4ccccc4)cc3)n2)=CC1. The number of thiazole rings is 1. The average Bonchev–Trinajstić information content (AvgIpc) is 3.27. The number of ether oxygens (including phenoxy) is 1. The molecule has 0 spiro atoms. The van der Waals surface area contributed by atoms with Gasteiger partial charge in [-0.25, -0.2) is 4.98 Å². The number of benzene rings is 2. The van der Waals surface area contributed by atoms with Crippen LogP contribution in [0, 0.1) is 5.92 Å². The number of allylic oxidation sites excluding steroid dienone is 4. The average molecular weight is 431 g/mol. The number of nitrogens with one attached hydrogen (secondary N) is 1. The zero-order valence-electron chi connectivity index (χ0n) is 17.6. The van der Waals surface area contributed by atoms with Gasteiger partial charge < -0.3 is 10.1 Å². The molecule has 0 saturated heterocycles. The number of hydrogen-bond donors (Lipinski definition) is 1. The van der Waals surface area contributed by atoms with Crippen LogP contribution in [0.4, 0.5) is 5.13 Å². The third kappa shape index (κ3) is 5.92. The Kier molecular flexibility index (Phi) is 6.95. The topological polar surface area (TPSA) is 51.2 Å². The summed E-state index contributed by atoms with van der Waals surface area (Å²) in [6.07, 6.45) is 9.12. The lowest BCUT2D eigenvalue weighted by Crippen LogP contribution is -2.14. The van der Waals surface area contributed by atoms with Gasteiger partial charge in [0.05, 0.1) is 12.1 Å². The van der Waals surface area contributed by atoms with Gasteiger partial charge in [-0.15, -0.1) is 11.3 Å². The Morgan fingerprint density at radius 2 is 1.94 bits per heavy atom. The van der Waals surface area contributed by atoms with Gasteiger partial charge in [0, 0.05) is 5.38 Å². The third-order valence-electron chi connectivity index (χ3n) is 5.30. The van der Waals surface area contributed by atoms with Gasteiger partial charge in [0.15, 0.2) is 5.13 Å². The maximum atomic E-state index is 12.4. The largest absolute Gasteiger partial charge is 0.489 e. The highest BCUT2D eigenvalue weighted by Crippen LogP contribution is 2.28. The van der Waals surface area contributed by atoms with Crippen molar-refractivity contribution in [1.82, 2.24) is 4.98 Å². The van der Waals surface area contributed by atoms with E-state index in [-0.39, 0.29) is 5.91 Å². The molecule has 0 saturated carbocycles. The molecule has 1 amide bonds. The van der Waals surface area contributed by atoms with Crippen LogP contribution in [0.2, 0.25) is 0 Å². The van der Waals surface area contributed by atoms with E-state index >= 15 is 0 Å². The molecular weight excluding hydrogens is 404 g/mol. The summed E-state index contributed by atoms with van der Waals surface area (Å²) in [4.78, 5) is 17.0. The molecule has 1 unspecified atom stereocenters. The van der Waals surface area contributed by atoms with Crippen molar-refractivity contribution in [2.75, 3.05) is 5.32 Å². The minimum absolute atomic E-state index is 0.0712. The maximum absolute atomic E-state index is 12.4. The van der Waals surface area contributed by atoms with Crippen molar-refractivity contribution < 1.29 is 9.53 Å². The van der Waals surface area contributed by atoms with Crippen LogP contribution < -0.4 is 10.1 Å². The molecule has 1 atom stereocenters. The monoisotopic (exact) mass is 430 g/mol. The summed E-state index contributed by atoms with van der Waals surface area (Å²) in [5.74, 6) is 1.34. The molecular formula is C26H26N2O2S. The maximum Gasteiger partial charge on any atom is 0.230 e. The highest BCUT2D eigenvalue weighted by molar-refractivity contribution is 7.14. The van der Waals surface area contributed by atoms with E-state index in [0.717, 1.165) is 41.0 Å². The summed E-state index contributed by atoms with van der Waals surface area (Å²) in [5.41, 5.74) is 4.11. The van der Waals surface area contributed by atoms with Gasteiger partial charge in [-0.3, -0.25) is 4.79 Å². The summed E-state index contributed by atoms with van der Waals surface area (Å²) in [6.45, 7) is 2.73. The highest BCUT2D eigenvalue weighted by atomic mass is 32.1. The number of amides is 1. The second-order valence-corrected chi connectivity index (χ2v) is 8.46. The Morgan fingerprint density at radius 3 is 2.65 bits per heavy atom. The zero-order chi connectivity index (χ0) is 21.5. The van der Waals surface area contributed by atoms with Crippen molar-refractivity contribution in [3.05, 3.63) is 95.0 Å². The van der Waals surface area contributed by atoms with Gasteiger partial charge in [0.1, 0.15) is 12.4 Å². The van der Waals surface area contributed by atoms with E-state index in [4.69, 9.17) is 4.74 Å². The van der Waals surface area contributed by atoms with Crippen LogP contribution in [0.15, 0.2) is 78.2 Å². The summed E-state index contributed by atoms with van der Waals surface area (Å²) in [7, 11) is 0. The van der Waals surface area contributed by atoms with Gasteiger partial charge in [-0.1, -0.05) is 67.6 Å². The molecule has 1 aliphatic rings. The number of carbonyl (C=O) groups is 1. The molecule has 3 aromatic rings. The second kappa shape index (κ2) is 10.2. The van der Waals surface area contributed by atoms with Crippen molar-refractivity contribution in [1.29, 1.82) is 0 Å². The molecule has 1 N–H and O–H groups in total. The van der Waals surface area contributed by atoms with Gasteiger partial charge in [-0.2, -0.15) is 0 Å². The van der Waals surface area contributed by atoms with E-state index in [1.54, 1.807) is 0 Å². The van der Waals surface area contributed by atoms with Crippen LogP contribution in [0.3, 0.4) is 0 Å². The van der Waals surface area contributed by atoms with E-state index in [1.807, 2.05) is 60.0 Å². The zero-order valence-corrected chi connectivity index (χ0v) is 18.4. The van der Waals surface area contributed by atoms with Crippen molar-refractivity contribution in [3.8, 4) is 5.75 Å². The van der Waals surface area contributed by atoms with Crippen molar-refractivity contribution in [2.24, 2.45) is 5.92 Å². The van der Waals surface area contributed by atoms with Crippen molar-refractivity contribution in [2.45, 2.75) is 32.8 Å². The number of carbonyl (C=O) groups excluding carboxylic acids is 1. The first-order valence-electron chi connectivity index (χ1n) is 10.6. The minimum atomic E-state index is -0.0712. The number of anilines is 1. The van der Waals surface area contributed by atoms with Crippen LogP contribution in [0.1, 0.15) is 36.6 Å². The second-order valence-electron chi connectivity index (χ2n) is 7.60. The molecule has 158 valence electrons. The van der Waals surface area contributed by atoms with E-state index < -0.39 is 0 Å². The molecule has 0 aliphatic heterocycles. The summed E-state index contributed by atoms with van der Waals surface area (Å²) in [5, 5.41) is 5.55. The predicted octanol–water partition coefficient (Wildman–Crippen LogP) is 6.27. The number of aromatic nitrogens is 1. The van der Waals surface area contributed by atoms with Gasteiger partial charge in [-0.05, 0) is 47.6 Å². The third-order valence-corrected chi connectivity index (χ3v) is 6.05. The molecule has 0 fully saturated rings. The number of nitrogens with zero attached hydrogens (tertiary/aromatic N) is 1. The molecule has 5 heteroatoms. The summed E-state index contributed by atoms with van der Waals surface area (Å²) >= 11 is 1.46. The first-order valence-corrected chi connectivity index (χ1v) is 11.5. The van der Waals surface area contributed by atoms with Gasteiger partial charge in [0.25, 0.3) is 0 Å². The fourth-order valence-electron chi connectivity index (χ4n) is 3.41. The first-order chi connectivity index (χ1) is 15.2. The molecule has 4 rings (SSSR count). The first kappa shape index (κ1) is 21.1. The van der Waals surface area contributed by atoms with Crippen LogP contribution in [-0.2, 0) is 17.8 Å². The van der Waals surface area contributed by atoms with Crippen molar-refractivity contribution >= 4 is 27.9 Å². The lowest BCUT2D eigenvalue weighted by atomic mass is 9.94. The van der Waals surface area contributed by atoms with E-state index in [0.29, 0.717) is 24.1 Å². The Hall–Kier alpha value is -3.18. The Labute approximate surface area is 187 Å². The number of hydrogen-bond acceptors (Lipinski definition) is 4. The molecule has 1 heterocycles.